The Morgan fingerprint density at radius 1 is 1.29 bits per heavy atom. The molecule has 0 aromatic carbocycles. The summed E-state index contributed by atoms with van der Waals surface area (Å²) in [5.41, 5.74) is 0.682. The highest BCUT2D eigenvalue weighted by Crippen LogP contribution is 2.27. The Balaban J connectivity index is 1.57. The standard InChI is InChI=1S/C18H25ClN6O3/c1-11-21-24-16(27-11)15-13(9-14(19)22-23-15)20-10-12-5-7-25(8-6-12)17(26)28-18(2,3)4/h9,12H,5-8,10H2,1-4H3,(H,20,22). The number of nitrogens with one attached hydrogen (secondary N) is 1. The minimum absolute atomic E-state index is 0.252. The second kappa shape index (κ2) is 8.30. The predicted molar refractivity (Wildman–Crippen MR) is 104 cm³/mol. The second-order valence-corrected chi connectivity index (χ2v) is 8.23. The SMILES string of the molecule is Cc1nnc(-c2nnc(Cl)cc2NCC2CCN(C(=O)OC(C)(C)C)CC2)o1. The van der Waals surface area contributed by atoms with Crippen molar-refractivity contribution in [2.75, 3.05) is 25.0 Å². The topological polar surface area (TPSA) is 106 Å². The van der Waals surface area contributed by atoms with Crippen molar-refractivity contribution in [2.24, 2.45) is 5.92 Å². The number of carbonyl (C=O) groups is 1. The summed E-state index contributed by atoms with van der Waals surface area (Å²) >= 11 is 6.00. The Hall–Kier alpha value is -2.42. The molecule has 3 heterocycles. The van der Waals surface area contributed by atoms with Crippen LogP contribution in [0.15, 0.2) is 10.5 Å². The zero-order valence-electron chi connectivity index (χ0n) is 16.5. The van der Waals surface area contributed by atoms with Crippen LogP contribution in [-0.2, 0) is 4.74 Å². The van der Waals surface area contributed by atoms with Crippen molar-refractivity contribution in [3.8, 4) is 11.6 Å². The summed E-state index contributed by atoms with van der Waals surface area (Å²) in [6, 6.07) is 1.69. The lowest BCUT2D eigenvalue weighted by Gasteiger charge is -2.33. The van der Waals surface area contributed by atoms with Gasteiger partial charge in [0, 0.05) is 32.6 Å². The fourth-order valence-electron chi connectivity index (χ4n) is 2.95. The van der Waals surface area contributed by atoms with Crippen LogP contribution in [0.3, 0.4) is 0 Å². The number of likely N-dealkylation sites (tertiary alicyclic amines) is 1. The molecule has 1 amide bonds. The van der Waals surface area contributed by atoms with Crippen molar-refractivity contribution in [2.45, 2.75) is 46.1 Å². The molecule has 1 aliphatic rings. The van der Waals surface area contributed by atoms with E-state index in [1.54, 1.807) is 17.9 Å². The summed E-state index contributed by atoms with van der Waals surface area (Å²) in [5, 5.41) is 19.4. The fourth-order valence-corrected chi connectivity index (χ4v) is 3.10. The quantitative estimate of drug-likeness (QED) is 0.818. The van der Waals surface area contributed by atoms with Gasteiger partial charge in [-0.25, -0.2) is 4.79 Å². The minimum atomic E-state index is -0.480. The minimum Gasteiger partial charge on any atom is -0.444 e. The number of ether oxygens (including phenoxy) is 1. The number of anilines is 1. The highest BCUT2D eigenvalue weighted by atomic mass is 35.5. The van der Waals surface area contributed by atoms with Gasteiger partial charge < -0.3 is 19.4 Å². The molecule has 0 aliphatic carbocycles. The van der Waals surface area contributed by atoms with E-state index in [1.165, 1.54) is 0 Å². The largest absolute Gasteiger partial charge is 0.444 e. The number of halogens is 1. The molecular formula is C18H25ClN6O3. The number of aryl methyl sites for hydroxylation is 1. The molecule has 0 bridgehead atoms. The molecule has 1 fully saturated rings. The van der Waals surface area contributed by atoms with Crippen LogP contribution >= 0.6 is 11.6 Å². The molecule has 9 nitrogen and oxygen atoms in total. The summed E-state index contributed by atoms with van der Waals surface area (Å²) in [6.45, 7) is 9.39. The van der Waals surface area contributed by atoms with Crippen LogP contribution in [0.5, 0.6) is 0 Å². The van der Waals surface area contributed by atoms with Crippen molar-refractivity contribution in [1.29, 1.82) is 0 Å². The third-order valence-corrected chi connectivity index (χ3v) is 4.52. The van der Waals surface area contributed by atoms with Crippen LogP contribution in [0, 0.1) is 12.8 Å². The number of carbonyl (C=O) groups excluding carboxylic acids is 1. The maximum Gasteiger partial charge on any atom is 0.410 e. The number of piperidine rings is 1. The molecule has 2 aromatic heterocycles. The highest BCUT2D eigenvalue weighted by molar-refractivity contribution is 6.29. The average molecular weight is 409 g/mol. The first-order chi connectivity index (χ1) is 13.2. The Morgan fingerprint density at radius 3 is 2.61 bits per heavy atom. The molecule has 2 aromatic rings. The molecule has 0 atom stereocenters. The normalized spacial score (nSPS) is 15.5. The van der Waals surface area contributed by atoms with E-state index in [2.05, 4.69) is 25.7 Å². The van der Waals surface area contributed by atoms with Crippen molar-refractivity contribution >= 4 is 23.4 Å². The lowest BCUT2D eigenvalue weighted by Crippen LogP contribution is -2.42. The van der Waals surface area contributed by atoms with Crippen LogP contribution in [0.25, 0.3) is 11.6 Å². The van der Waals surface area contributed by atoms with Gasteiger partial charge in [-0.3, -0.25) is 0 Å². The molecule has 1 saturated heterocycles. The summed E-state index contributed by atoms with van der Waals surface area (Å²) in [6.07, 6.45) is 1.51. The molecule has 0 spiro atoms. The Kier molecular flexibility index (Phi) is 6.02. The summed E-state index contributed by atoms with van der Waals surface area (Å²) in [5.74, 6) is 1.15. The third kappa shape index (κ3) is 5.31. The molecule has 10 heteroatoms. The average Bonchev–Trinajstić information content (AvgIpc) is 3.05. The monoisotopic (exact) mass is 408 g/mol. The van der Waals surface area contributed by atoms with Gasteiger partial charge in [-0.05, 0) is 39.5 Å². The van der Waals surface area contributed by atoms with E-state index < -0.39 is 5.60 Å². The van der Waals surface area contributed by atoms with E-state index in [0.29, 0.717) is 48.7 Å². The van der Waals surface area contributed by atoms with Gasteiger partial charge in [0.05, 0.1) is 5.69 Å². The fraction of sp³-hybridized carbons (Fsp3) is 0.611. The first-order valence-electron chi connectivity index (χ1n) is 9.27. The van der Waals surface area contributed by atoms with Gasteiger partial charge in [0.25, 0.3) is 5.89 Å². The zero-order chi connectivity index (χ0) is 20.3. The van der Waals surface area contributed by atoms with Gasteiger partial charge in [0.15, 0.2) is 10.8 Å². The number of hydrogen-bond acceptors (Lipinski definition) is 8. The van der Waals surface area contributed by atoms with Crippen LogP contribution in [-0.4, -0.2) is 56.6 Å². The van der Waals surface area contributed by atoms with E-state index in [4.69, 9.17) is 20.8 Å². The number of aromatic nitrogens is 4. The summed E-state index contributed by atoms with van der Waals surface area (Å²) in [7, 11) is 0. The molecule has 0 saturated carbocycles. The third-order valence-electron chi connectivity index (χ3n) is 4.34. The van der Waals surface area contributed by atoms with Crippen molar-refractivity contribution in [1.82, 2.24) is 25.3 Å². The van der Waals surface area contributed by atoms with Gasteiger partial charge in [0.1, 0.15) is 5.60 Å². The second-order valence-electron chi connectivity index (χ2n) is 7.85. The first-order valence-corrected chi connectivity index (χ1v) is 9.64. The molecule has 1 aliphatic heterocycles. The summed E-state index contributed by atoms with van der Waals surface area (Å²) < 4.78 is 10.9. The van der Waals surface area contributed by atoms with E-state index in [0.717, 1.165) is 12.8 Å². The molecular weight excluding hydrogens is 384 g/mol. The maximum absolute atomic E-state index is 12.2. The van der Waals surface area contributed by atoms with Crippen molar-refractivity contribution < 1.29 is 13.9 Å². The van der Waals surface area contributed by atoms with E-state index in [-0.39, 0.29) is 11.2 Å². The van der Waals surface area contributed by atoms with Crippen LogP contribution in [0.2, 0.25) is 5.15 Å². The van der Waals surface area contributed by atoms with Gasteiger partial charge in [-0.15, -0.1) is 20.4 Å². The van der Waals surface area contributed by atoms with E-state index in [1.807, 2.05) is 20.8 Å². The molecule has 0 unspecified atom stereocenters. The maximum atomic E-state index is 12.2. The zero-order valence-corrected chi connectivity index (χ0v) is 17.3. The van der Waals surface area contributed by atoms with Gasteiger partial charge in [-0.2, -0.15) is 0 Å². The molecule has 1 N–H and O–H groups in total. The van der Waals surface area contributed by atoms with Gasteiger partial charge in [-0.1, -0.05) is 11.6 Å². The first kappa shape index (κ1) is 20.3. The Bertz CT molecular complexity index is 827. The predicted octanol–water partition coefficient (Wildman–Crippen LogP) is 3.55. The Morgan fingerprint density at radius 2 is 2.00 bits per heavy atom. The molecule has 28 heavy (non-hydrogen) atoms. The number of rotatable bonds is 4. The lowest BCUT2D eigenvalue weighted by atomic mass is 9.97. The highest BCUT2D eigenvalue weighted by Gasteiger charge is 2.27. The van der Waals surface area contributed by atoms with Gasteiger partial charge in [0.2, 0.25) is 5.89 Å². The van der Waals surface area contributed by atoms with Crippen LogP contribution in [0.1, 0.15) is 39.5 Å². The molecule has 0 radical (unpaired) electrons. The summed E-state index contributed by atoms with van der Waals surface area (Å²) in [4.78, 5) is 13.9. The van der Waals surface area contributed by atoms with Crippen LogP contribution in [0.4, 0.5) is 10.5 Å². The van der Waals surface area contributed by atoms with Crippen molar-refractivity contribution in [3.05, 3.63) is 17.1 Å². The molecule has 152 valence electrons. The number of nitrogens with zero attached hydrogens (tertiary/aromatic N) is 5. The Labute approximate surface area is 168 Å². The van der Waals surface area contributed by atoms with Crippen LogP contribution < -0.4 is 5.32 Å². The molecule has 3 rings (SSSR count). The number of amides is 1. The van der Waals surface area contributed by atoms with E-state index in [9.17, 15) is 4.79 Å². The van der Waals surface area contributed by atoms with Gasteiger partial charge >= 0.3 is 6.09 Å². The van der Waals surface area contributed by atoms with E-state index >= 15 is 0 Å². The lowest BCUT2D eigenvalue weighted by molar-refractivity contribution is 0.0188. The smallest absolute Gasteiger partial charge is 0.410 e. The van der Waals surface area contributed by atoms with Crippen molar-refractivity contribution in [3.63, 3.8) is 0 Å². The number of hydrogen-bond donors (Lipinski definition) is 1.